The van der Waals surface area contributed by atoms with E-state index >= 15 is 0 Å². The monoisotopic (exact) mass is 259 g/mol. The van der Waals surface area contributed by atoms with Gasteiger partial charge in [-0.3, -0.25) is 0 Å². The van der Waals surface area contributed by atoms with E-state index in [1.165, 1.54) is 25.3 Å². The number of halogens is 1. The minimum atomic E-state index is -1.17. The van der Waals surface area contributed by atoms with Crippen molar-refractivity contribution in [2.24, 2.45) is 5.73 Å². The molecule has 17 heavy (non-hydrogen) atoms. The maximum absolute atomic E-state index is 11.4. The first kappa shape index (κ1) is 13.9. The quantitative estimate of drug-likeness (QED) is 0.684. The summed E-state index contributed by atoms with van der Waals surface area (Å²) >= 11 is 5.82. The van der Waals surface area contributed by atoms with Gasteiger partial charge < -0.3 is 20.7 Å². The lowest BCUT2D eigenvalue weighted by molar-refractivity contribution is 0.0242. The van der Waals surface area contributed by atoms with Crippen molar-refractivity contribution in [2.75, 3.05) is 13.7 Å². The Balaban J connectivity index is 3.08. The Kier molecular flexibility index (Phi) is 4.89. The molecule has 0 saturated carbocycles. The van der Waals surface area contributed by atoms with Gasteiger partial charge in [-0.15, -0.1) is 0 Å². The van der Waals surface area contributed by atoms with Gasteiger partial charge in [0.15, 0.2) is 0 Å². The number of aliphatic hydroxyl groups excluding tert-OH is 2. The minimum Gasteiger partial charge on any atom is -0.465 e. The highest BCUT2D eigenvalue weighted by molar-refractivity contribution is 6.33. The number of benzene rings is 1. The van der Waals surface area contributed by atoms with Gasteiger partial charge >= 0.3 is 5.97 Å². The molecule has 0 spiro atoms. The van der Waals surface area contributed by atoms with E-state index in [2.05, 4.69) is 4.74 Å². The van der Waals surface area contributed by atoms with Crippen LogP contribution in [0.15, 0.2) is 18.2 Å². The Bertz CT molecular complexity index is 410. The highest BCUT2D eigenvalue weighted by atomic mass is 35.5. The predicted molar refractivity (Wildman–Crippen MR) is 62.8 cm³/mol. The number of carbonyl (C=O) groups excluding carboxylic acids is 1. The van der Waals surface area contributed by atoms with Crippen molar-refractivity contribution in [3.05, 3.63) is 34.3 Å². The molecule has 1 aromatic rings. The van der Waals surface area contributed by atoms with Crippen LogP contribution in [0.25, 0.3) is 0 Å². The third kappa shape index (κ3) is 3.17. The summed E-state index contributed by atoms with van der Waals surface area (Å²) in [6.07, 6.45) is -2.26. The van der Waals surface area contributed by atoms with Gasteiger partial charge in [0, 0.05) is 6.54 Å². The normalized spacial score (nSPS) is 14.2. The predicted octanol–water partition coefficient (Wildman–Crippen LogP) is 0.480. The van der Waals surface area contributed by atoms with Crippen LogP contribution in [-0.4, -0.2) is 35.9 Å². The fourth-order valence-corrected chi connectivity index (χ4v) is 1.54. The van der Waals surface area contributed by atoms with Crippen LogP contribution >= 0.6 is 11.6 Å². The number of hydrogen-bond acceptors (Lipinski definition) is 5. The standard InChI is InChI=1S/C11H14ClNO4/c1-17-11(16)7-4-6(2-3-8(7)12)10(15)9(14)5-13/h2-4,9-10,14-15H,5,13H2,1H3. The van der Waals surface area contributed by atoms with Crippen LogP contribution in [0, 0.1) is 0 Å². The first-order valence-corrected chi connectivity index (χ1v) is 5.33. The van der Waals surface area contributed by atoms with Crippen LogP contribution in [0.1, 0.15) is 22.0 Å². The number of aliphatic hydroxyl groups is 2. The average Bonchev–Trinajstić information content (AvgIpc) is 2.36. The fraction of sp³-hybridized carbons (Fsp3) is 0.364. The largest absolute Gasteiger partial charge is 0.465 e. The van der Waals surface area contributed by atoms with Crippen molar-refractivity contribution < 1.29 is 19.7 Å². The second-order valence-electron chi connectivity index (χ2n) is 3.48. The molecule has 6 heteroatoms. The van der Waals surface area contributed by atoms with Gasteiger partial charge in [-0.05, 0) is 17.7 Å². The van der Waals surface area contributed by atoms with E-state index in [4.69, 9.17) is 17.3 Å². The molecular weight excluding hydrogens is 246 g/mol. The molecule has 2 unspecified atom stereocenters. The van der Waals surface area contributed by atoms with E-state index in [9.17, 15) is 15.0 Å². The van der Waals surface area contributed by atoms with Crippen molar-refractivity contribution in [3.63, 3.8) is 0 Å². The summed E-state index contributed by atoms with van der Waals surface area (Å²) < 4.78 is 4.55. The Morgan fingerprint density at radius 1 is 1.53 bits per heavy atom. The number of carbonyl (C=O) groups is 1. The van der Waals surface area contributed by atoms with Crippen molar-refractivity contribution in [3.8, 4) is 0 Å². The number of nitrogens with two attached hydrogens (primary N) is 1. The zero-order valence-corrected chi connectivity index (χ0v) is 10.0. The van der Waals surface area contributed by atoms with E-state index in [0.29, 0.717) is 5.56 Å². The summed E-state index contributed by atoms with van der Waals surface area (Å²) in [7, 11) is 1.23. The maximum atomic E-state index is 11.4. The number of ether oxygens (including phenoxy) is 1. The summed E-state index contributed by atoms with van der Waals surface area (Å²) in [5.41, 5.74) is 5.73. The van der Waals surface area contributed by atoms with Crippen molar-refractivity contribution >= 4 is 17.6 Å². The fourth-order valence-electron chi connectivity index (χ4n) is 1.34. The third-order valence-electron chi connectivity index (χ3n) is 2.34. The molecule has 0 aliphatic heterocycles. The Morgan fingerprint density at radius 3 is 2.71 bits per heavy atom. The second kappa shape index (κ2) is 5.97. The molecule has 0 heterocycles. The highest BCUT2D eigenvalue weighted by Crippen LogP contribution is 2.23. The number of hydrogen-bond donors (Lipinski definition) is 3. The summed E-state index contributed by atoms with van der Waals surface area (Å²) in [4.78, 5) is 11.4. The Labute approximate surface area is 104 Å². The molecule has 0 aromatic heterocycles. The van der Waals surface area contributed by atoms with E-state index in [1.54, 1.807) is 0 Å². The van der Waals surface area contributed by atoms with Crippen LogP contribution in [0.3, 0.4) is 0 Å². The lowest BCUT2D eigenvalue weighted by Crippen LogP contribution is -2.27. The topological polar surface area (TPSA) is 92.8 Å². The summed E-state index contributed by atoms with van der Waals surface area (Å²) in [5, 5.41) is 19.4. The molecule has 94 valence electrons. The van der Waals surface area contributed by atoms with Crippen LogP contribution in [-0.2, 0) is 4.74 Å². The van der Waals surface area contributed by atoms with Crippen LogP contribution in [0.4, 0.5) is 0 Å². The molecule has 0 fully saturated rings. The van der Waals surface area contributed by atoms with Gasteiger partial charge in [-0.2, -0.15) is 0 Å². The van der Waals surface area contributed by atoms with Crippen LogP contribution < -0.4 is 5.73 Å². The molecule has 1 aromatic carbocycles. The van der Waals surface area contributed by atoms with E-state index in [1.807, 2.05) is 0 Å². The third-order valence-corrected chi connectivity index (χ3v) is 2.67. The number of esters is 1. The van der Waals surface area contributed by atoms with Crippen LogP contribution in [0.5, 0.6) is 0 Å². The van der Waals surface area contributed by atoms with Crippen molar-refractivity contribution in [1.82, 2.24) is 0 Å². The van der Waals surface area contributed by atoms with E-state index in [0.717, 1.165) is 0 Å². The van der Waals surface area contributed by atoms with Gasteiger partial charge in [0.25, 0.3) is 0 Å². The van der Waals surface area contributed by atoms with Crippen molar-refractivity contribution in [1.29, 1.82) is 0 Å². The lowest BCUT2D eigenvalue weighted by Gasteiger charge is -2.17. The van der Waals surface area contributed by atoms with Gasteiger partial charge in [0.05, 0.1) is 23.8 Å². The van der Waals surface area contributed by atoms with Gasteiger partial charge in [-0.25, -0.2) is 4.79 Å². The van der Waals surface area contributed by atoms with Crippen molar-refractivity contribution in [2.45, 2.75) is 12.2 Å². The molecule has 1 rings (SSSR count). The van der Waals surface area contributed by atoms with E-state index in [-0.39, 0.29) is 17.1 Å². The van der Waals surface area contributed by atoms with Gasteiger partial charge in [0.2, 0.25) is 0 Å². The molecule has 0 amide bonds. The zero-order chi connectivity index (χ0) is 13.0. The summed E-state index contributed by atoms with van der Waals surface area (Å²) in [5.74, 6) is -0.605. The molecule has 4 N–H and O–H groups in total. The zero-order valence-electron chi connectivity index (χ0n) is 9.26. The average molecular weight is 260 g/mol. The first-order chi connectivity index (χ1) is 8.01. The lowest BCUT2D eigenvalue weighted by atomic mass is 10.0. The van der Waals surface area contributed by atoms with Gasteiger partial charge in [0.1, 0.15) is 6.10 Å². The smallest absolute Gasteiger partial charge is 0.339 e. The summed E-state index contributed by atoms with van der Waals surface area (Å²) in [6.45, 7) is -0.0860. The molecule has 0 aliphatic carbocycles. The van der Waals surface area contributed by atoms with Gasteiger partial charge in [-0.1, -0.05) is 17.7 Å². The Hall–Kier alpha value is -1.14. The maximum Gasteiger partial charge on any atom is 0.339 e. The molecule has 0 saturated heterocycles. The minimum absolute atomic E-state index is 0.0860. The molecule has 5 nitrogen and oxygen atoms in total. The molecule has 0 aliphatic rings. The van der Waals surface area contributed by atoms with E-state index < -0.39 is 18.2 Å². The Morgan fingerprint density at radius 2 is 2.18 bits per heavy atom. The highest BCUT2D eigenvalue weighted by Gasteiger charge is 2.19. The second-order valence-corrected chi connectivity index (χ2v) is 3.89. The molecule has 0 bridgehead atoms. The SMILES string of the molecule is COC(=O)c1cc(C(O)C(O)CN)ccc1Cl. The molecular formula is C11H14ClNO4. The number of rotatable bonds is 4. The number of methoxy groups -OCH3 is 1. The summed E-state index contributed by atoms with van der Waals surface area (Å²) in [6, 6.07) is 4.34. The molecule has 2 atom stereocenters. The molecule has 0 radical (unpaired) electrons. The van der Waals surface area contributed by atoms with Crippen LogP contribution in [0.2, 0.25) is 5.02 Å². The first-order valence-electron chi connectivity index (χ1n) is 4.95.